The molecule has 2 rings (SSSR count). The molecule has 0 amide bonds. The summed E-state index contributed by atoms with van der Waals surface area (Å²) in [4.78, 5) is 10.0. The Morgan fingerprint density at radius 3 is 2.82 bits per heavy atom. The lowest BCUT2D eigenvalue weighted by Gasteiger charge is -2.02. The van der Waals surface area contributed by atoms with Gasteiger partial charge in [-0.05, 0) is 24.5 Å². The van der Waals surface area contributed by atoms with E-state index in [1.54, 1.807) is 17.5 Å². The van der Waals surface area contributed by atoms with E-state index in [9.17, 15) is 0 Å². The van der Waals surface area contributed by atoms with E-state index in [1.807, 2.05) is 18.3 Å². The van der Waals surface area contributed by atoms with Crippen LogP contribution in [0.15, 0.2) is 24.5 Å². The van der Waals surface area contributed by atoms with Crippen molar-refractivity contribution in [3.63, 3.8) is 0 Å². The van der Waals surface area contributed by atoms with Crippen molar-refractivity contribution in [2.75, 3.05) is 0 Å². The Morgan fingerprint density at radius 2 is 2.24 bits per heavy atom. The molecule has 0 aliphatic rings. The normalized spacial score (nSPS) is 11.1. The summed E-state index contributed by atoms with van der Waals surface area (Å²) >= 11 is 1.68. The molecular weight excluding hydrogens is 230 g/mol. The molecular formula is C13H17N3S. The van der Waals surface area contributed by atoms with Crippen LogP contribution in [0.1, 0.15) is 24.4 Å². The van der Waals surface area contributed by atoms with Crippen molar-refractivity contribution in [1.82, 2.24) is 9.97 Å². The van der Waals surface area contributed by atoms with Crippen LogP contribution in [0.3, 0.4) is 0 Å². The first kappa shape index (κ1) is 12.2. The Balaban J connectivity index is 2.34. The van der Waals surface area contributed by atoms with Gasteiger partial charge in [0, 0.05) is 29.4 Å². The largest absolute Gasteiger partial charge is 0.326 e. The van der Waals surface area contributed by atoms with Crippen molar-refractivity contribution < 1.29 is 0 Å². The Kier molecular flexibility index (Phi) is 3.86. The zero-order valence-electron chi connectivity index (χ0n) is 10.2. The summed E-state index contributed by atoms with van der Waals surface area (Å²) in [5.41, 5.74) is 7.99. The Morgan fingerprint density at radius 1 is 1.41 bits per heavy atom. The smallest absolute Gasteiger partial charge is 0.125 e. The first-order chi connectivity index (χ1) is 8.20. The third-order valence-electron chi connectivity index (χ3n) is 2.47. The van der Waals surface area contributed by atoms with Crippen molar-refractivity contribution >= 4 is 11.3 Å². The Bertz CT molecular complexity index is 477. The minimum atomic E-state index is 0.569. The average molecular weight is 247 g/mol. The zero-order chi connectivity index (χ0) is 12.3. The predicted octanol–water partition coefficient (Wildman–Crippen LogP) is 2.86. The van der Waals surface area contributed by atoms with Gasteiger partial charge >= 0.3 is 0 Å². The van der Waals surface area contributed by atoms with Crippen LogP contribution in [0, 0.1) is 5.92 Å². The molecule has 0 saturated carbocycles. The minimum Gasteiger partial charge on any atom is -0.326 e. The van der Waals surface area contributed by atoms with Crippen LogP contribution in [0.5, 0.6) is 0 Å². The molecule has 90 valence electrons. The minimum absolute atomic E-state index is 0.569. The van der Waals surface area contributed by atoms with Gasteiger partial charge in [-0.1, -0.05) is 13.8 Å². The Labute approximate surface area is 106 Å². The number of aromatic nitrogens is 2. The molecule has 0 saturated heterocycles. The van der Waals surface area contributed by atoms with E-state index in [1.165, 1.54) is 4.88 Å². The van der Waals surface area contributed by atoms with Crippen LogP contribution in [0.2, 0.25) is 0 Å². The van der Waals surface area contributed by atoms with Gasteiger partial charge in [0.15, 0.2) is 0 Å². The predicted molar refractivity (Wildman–Crippen MR) is 71.8 cm³/mol. The molecule has 0 aromatic carbocycles. The first-order valence-corrected chi connectivity index (χ1v) is 6.61. The summed E-state index contributed by atoms with van der Waals surface area (Å²) in [5.74, 6) is 0.601. The molecule has 2 N–H and O–H groups in total. The van der Waals surface area contributed by atoms with Crippen LogP contribution in [0.4, 0.5) is 0 Å². The number of hydrogen-bond donors (Lipinski definition) is 1. The maximum atomic E-state index is 5.77. The van der Waals surface area contributed by atoms with Crippen molar-refractivity contribution in [1.29, 1.82) is 0 Å². The summed E-state index contributed by atoms with van der Waals surface area (Å²) in [5, 5.41) is 1.02. The van der Waals surface area contributed by atoms with Gasteiger partial charge in [-0.2, -0.15) is 0 Å². The first-order valence-electron chi connectivity index (χ1n) is 5.79. The Hall–Kier alpha value is -1.26. The highest BCUT2D eigenvalue weighted by molar-refractivity contribution is 7.15. The number of hydrogen-bond acceptors (Lipinski definition) is 4. The molecule has 0 radical (unpaired) electrons. The van der Waals surface area contributed by atoms with E-state index in [0.29, 0.717) is 12.5 Å². The molecule has 17 heavy (non-hydrogen) atoms. The van der Waals surface area contributed by atoms with Crippen LogP contribution in [-0.2, 0) is 13.0 Å². The van der Waals surface area contributed by atoms with Crippen molar-refractivity contribution in [2.45, 2.75) is 26.8 Å². The average Bonchev–Trinajstić information content (AvgIpc) is 2.72. The fourth-order valence-corrected chi connectivity index (χ4v) is 2.66. The van der Waals surface area contributed by atoms with Gasteiger partial charge < -0.3 is 5.73 Å². The highest BCUT2D eigenvalue weighted by Gasteiger charge is 2.12. The van der Waals surface area contributed by atoms with Crippen LogP contribution < -0.4 is 5.73 Å². The molecule has 2 heterocycles. The maximum absolute atomic E-state index is 5.77. The van der Waals surface area contributed by atoms with Crippen molar-refractivity contribution in [3.05, 3.63) is 35.1 Å². The number of nitrogens with zero attached hydrogens (tertiary/aromatic N) is 2. The van der Waals surface area contributed by atoms with E-state index in [-0.39, 0.29) is 0 Å². The molecule has 0 aliphatic heterocycles. The highest BCUT2D eigenvalue weighted by atomic mass is 32.1. The second kappa shape index (κ2) is 5.38. The summed E-state index contributed by atoms with van der Waals surface area (Å²) < 4.78 is 0. The maximum Gasteiger partial charge on any atom is 0.125 e. The molecule has 0 atom stereocenters. The molecule has 3 nitrogen and oxygen atoms in total. The van der Waals surface area contributed by atoms with Gasteiger partial charge in [0.25, 0.3) is 0 Å². The number of pyridine rings is 1. The van der Waals surface area contributed by atoms with E-state index in [2.05, 4.69) is 23.8 Å². The standard InChI is InChI=1S/C13H17N3S/c1-9(2)6-11-12(7-14)17-13(16-11)10-4-3-5-15-8-10/h3-5,8-9H,6-7,14H2,1-2H3. The monoisotopic (exact) mass is 247 g/mol. The van der Waals surface area contributed by atoms with Crippen LogP contribution in [0.25, 0.3) is 10.6 Å². The SMILES string of the molecule is CC(C)Cc1nc(-c2cccnc2)sc1CN. The molecule has 0 bridgehead atoms. The van der Waals surface area contributed by atoms with Gasteiger partial charge in [0.05, 0.1) is 5.69 Å². The number of nitrogens with two attached hydrogens (primary N) is 1. The lowest BCUT2D eigenvalue weighted by atomic mass is 10.1. The van der Waals surface area contributed by atoms with Gasteiger partial charge in [-0.25, -0.2) is 4.98 Å². The van der Waals surface area contributed by atoms with E-state index in [4.69, 9.17) is 5.73 Å². The zero-order valence-corrected chi connectivity index (χ0v) is 11.0. The summed E-state index contributed by atoms with van der Waals surface area (Å²) in [6, 6.07) is 3.96. The molecule has 0 aliphatic carbocycles. The van der Waals surface area contributed by atoms with E-state index < -0.39 is 0 Å². The number of thiazole rings is 1. The lowest BCUT2D eigenvalue weighted by Crippen LogP contribution is -2.01. The molecule has 0 fully saturated rings. The highest BCUT2D eigenvalue weighted by Crippen LogP contribution is 2.28. The summed E-state index contributed by atoms with van der Waals surface area (Å²) in [6.07, 6.45) is 4.61. The third-order valence-corrected chi connectivity index (χ3v) is 3.64. The summed E-state index contributed by atoms with van der Waals surface area (Å²) in [7, 11) is 0. The van der Waals surface area contributed by atoms with Crippen molar-refractivity contribution in [2.24, 2.45) is 11.7 Å². The van der Waals surface area contributed by atoms with Gasteiger partial charge in [-0.15, -0.1) is 11.3 Å². The molecule has 0 spiro atoms. The fraction of sp³-hybridized carbons (Fsp3) is 0.385. The quantitative estimate of drug-likeness (QED) is 0.903. The second-order valence-electron chi connectivity index (χ2n) is 4.43. The van der Waals surface area contributed by atoms with E-state index >= 15 is 0 Å². The van der Waals surface area contributed by atoms with Gasteiger partial charge in [0.1, 0.15) is 5.01 Å². The lowest BCUT2D eigenvalue weighted by molar-refractivity contribution is 0.634. The second-order valence-corrected chi connectivity index (χ2v) is 5.52. The molecule has 0 unspecified atom stereocenters. The molecule has 2 aromatic rings. The van der Waals surface area contributed by atoms with Gasteiger partial charge in [0.2, 0.25) is 0 Å². The fourth-order valence-electron chi connectivity index (χ4n) is 1.70. The summed E-state index contributed by atoms with van der Waals surface area (Å²) in [6.45, 7) is 4.97. The number of rotatable bonds is 4. The van der Waals surface area contributed by atoms with Crippen LogP contribution in [-0.4, -0.2) is 9.97 Å². The van der Waals surface area contributed by atoms with Gasteiger partial charge in [-0.3, -0.25) is 4.98 Å². The van der Waals surface area contributed by atoms with Crippen molar-refractivity contribution in [3.8, 4) is 10.6 Å². The van der Waals surface area contributed by atoms with Crippen LogP contribution >= 0.6 is 11.3 Å². The molecule has 2 aromatic heterocycles. The van der Waals surface area contributed by atoms with E-state index in [0.717, 1.165) is 22.7 Å². The third kappa shape index (κ3) is 2.90. The topological polar surface area (TPSA) is 51.8 Å². The molecule has 4 heteroatoms.